The second-order valence-electron chi connectivity index (χ2n) is 8.69. The topological polar surface area (TPSA) is 58.5 Å². The van der Waals surface area contributed by atoms with Gasteiger partial charge in [-0.1, -0.05) is 18.2 Å². The highest BCUT2D eigenvalue weighted by Crippen LogP contribution is 2.33. The van der Waals surface area contributed by atoms with E-state index in [0.29, 0.717) is 5.89 Å². The van der Waals surface area contributed by atoms with Crippen LogP contribution in [0.4, 0.5) is 0 Å². The van der Waals surface area contributed by atoms with Crippen molar-refractivity contribution in [3.63, 3.8) is 0 Å². The fourth-order valence-corrected chi connectivity index (χ4v) is 5.09. The van der Waals surface area contributed by atoms with Crippen molar-refractivity contribution in [3.8, 4) is 0 Å². The molecule has 29 heavy (non-hydrogen) atoms. The highest BCUT2D eigenvalue weighted by Gasteiger charge is 2.30. The van der Waals surface area contributed by atoms with Gasteiger partial charge in [-0.25, -0.2) is 0 Å². The normalized spacial score (nSPS) is 20.6. The van der Waals surface area contributed by atoms with Crippen molar-refractivity contribution in [3.05, 3.63) is 47.9 Å². The lowest BCUT2D eigenvalue weighted by Crippen LogP contribution is -2.40. The summed E-state index contributed by atoms with van der Waals surface area (Å²) in [5.74, 6) is 4.23. The number of piperidine rings is 2. The third kappa shape index (κ3) is 4.38. The quantitative estimate of drug-likeness (QED) is 0.645. The van der Waals surface area contributed by atoms with Crippen molar-refractivity contribution >= 4 is 11.0 Å². The molecular weight excluding hydrogens is 364 g/mol. The first-order valence-corrected chi connectivity index (χ1v) is 10.9. The van der Waals surface area contributed by atoms with Gasteiger partial charge >= 0.3 is 0 Å². The fraction of sp³-hybridized carbons (Fsp3) is 0.565. The lowest BCUT2D eigenvalue weighted by atomic mass is 9.79. The van der Waals surface area contributed by atoms with Crippen molar-refractivity contribution in [1.29, 1.82) is 0 Å². The first-order valence-electron chi connectivity index (χ1n) is 10.9. The van der Waals surface area contributed by atoms with E-state index in [0.717, 1.165) is 55.2 Å². The van der Waals surface area contributed by atoms with Crippen LogP contribution >= 0.6 is 0 Å². The summed E-state index contributed by atoms with van der Waals surface area (Å²) in [6.07, 6.45) is 5.21. The summed E-state index contributed by atoms with van der Waals surface area (Å²) in [6.45, 7) is 8.24. The van der Waals surface area contributed by atoms with Gasteiger partial charge in [0.2, 0.25) is 11.8 Å². The summed E-state index contributed by atoms with van der Waals surface area (Å²) in [7, 11) is 0. The van der Waals surface area contributed by atoms with Crippen LogP contribution in [0.5, 0.6) is 0 Å². The summed E-state index contributed by atoms with van der Waals surface area (Å²) in [6, 6.07) is 10.5. The number of aromatic nitrogens is 2. The van der Waals surface area contributed by atoms with Crippen LogP contribution < -0.4 is 0 Å². The van der Waals surface area contributed by atoms with E-state index in [-0.39, 0.29) is 0 Å². The standard InChI is InChI=1S/C23H30N4O2/c1-17-24-25-23(28-17)16-27-12-8-19(9-13-27)18-6-10-26(11-7-18)15-21-14-20-4-2-3-5-22(20)29-21/h2-5,14,18-19H,6-13,15-16H2,1H3. The Bertz CT molecular complexity index is 900. The van der Waals surface area contributed by atoms with Crippen LogP contribution in [0.1, 0.15) is 43.2 Å². The zero-order valence-corrected chi connectivity index (χ0v) is 17.2. The second-order valence-corrected chi connectivity index (χ2v) is 8.69. The molecule has 2 fully saturated rings. The Kier molecular flexibility index (Phi) is 5.38. The number of fused-ring (bicyclic) bond motifs is 1. The van der Waals surface area contributed by atoms with E-state index < -0.39 is 0 Å². The molecule has 0 N–H and O–H groups in total. The Balaban J connectivity index is 1.08. The number of para-hydroxylation sites is 1. The molecule has 5 rings (SSSR count). The predicted octanol–water partition coefficient (Wildman–Crippen LogP) is 4.25. The maximum atomic E-state index is 6.01. The van der Waals surface area contributed by atoms with Crippen LogP contribution in [0.15, 0.2) is 39.2 Å². The van der Waals surface area contributed by atoms with Gasteiger partial charge in [0.25, 0.3) is 0 Å². The van der Waals surface area contributed by atoms with Crippen LogP contribution in [0, 0.1) is 18.8 Å². The molecule has 4 heterocycles. The number of hydrogen-bond acceptors (Lipinski definition) is 6. The zero-order valence-electron chi connectivity index (χ0n) is 17.2. The molecule has 2 aliphatic rings. The minimum atomic E-state index is 0.657. The molecular formula is C23H30N4O2. The smallest absolute Gasteiger partial charge is 0.230 e. The monoisotopic (exact) mass is 394 g/mol. The minimum absolute atomic E-state index is 0.657. The first-order chi connectivity index (χ1) is 14.2. The van der Waals surface area contributed by atoms with Gasteiger partial charge in [0.05, 0.1) is 13.1 Å². The summed E-state index contributed by atoms with van der Waals surface area (Å²) in [5.41, 5.74) is 1.000. The Morgan fingerprint density at radius 1 is 0.862 bits per heavy atom. The first kappa shape index (κ1) is 18.8. The fourth-order valence-electron chi connectivity index (χ4n) is 5.09. The van der Waals surface area contributed by atoms with E-state index in [1.165, 1.54) is 44.2 Å². The molecule has 0 amide bonds. The summed E-state index contributed by atoms with van der Waals surface area (Å²) < 4.78 is 11.5. The molecule has 0 unspecified atom stereocenters. The maximum absolute atomic E-state index is 6.01. The van der Waals surface area contributed by atoms with E-state index in [1.807, 2.05) is 13.0 Å². The largest absolute Gasteiger partial charge is 0.460 e. The summed E-state index contributed by atoms with van der Waals surface area (Å²) >= 11 is 0. The molecule has 6 nitrogen and oxygen atoms in total. The van der Waals surface area contributed by atoms with Crippen molar-refractivity contribution in [2.45, 2.75) is 45.7 Å². The number of hydrogen-bond donors (Lipinski definition) is 0. The molecule has 0 aliphatic carbocycles. The van der Waals surface area contributed by atoms with Crippen molar-refractivity contribution in [1.82, 2.24) is 20.0 Å². The highest BCUT2D eigenvalue weighted by atomic mass is 16.4. The van der Waals surface area contributed by atoms with Gasteiger partial charge in [0.1, 0.15) is 11.3 Å². The Morgan fingerprint density at radius 2 is 1.52 bits per heavy atom. The Hall–Kier alpha value is -2.18. The highest BCUT2D eigenvalue weighted by molar-refractivity contribution is 5.77. The van der Waals surface area contributed by atoms with Crippen LogP contribution in [-0.4, -0.2) is 46.2 Å². The lowest BCUT2D eigenvalue weighted by molar-refractivity contribution is 0.0851. The summed E-state index contributed by atoms with van der Waals surface area (Å²) in [5, 5.41) is 9.28. The second kappa shape index (κ2) is 8.28. The Morgan fingerprint density at radius 3 is 2.14 bits per heavy atom. The Labute approximate surface area is 171 Å². The van der Waals surface area contributed by atoms with Gasteiger partial charge in [-0.2, -0.15) is 0 Å². The predicted molar refractivity (Wildman–Crippen MR) is 111 cm³/mol. The molecule has 2 aliphatic heterocycles. The minimum Gasteiger partial charge on any atom is -0.460 e. The van der Waals surface area contributed by atoms with Gasteiger partial charge < -0.3 is 8.83 Å². The molecule has 0 spiro atoms. The SMILES string of the molecule is Cc1nnc(CN2CCC(C3CCN(Cc4cc5ccccc5o4)CC3)CC2)o1. The van der Waals surface area contributed by atoms with E-state index >= 15 is 0 Å². The van der Waals surface area contributed by atoms with Crippen LogP contribution in [0.2, 0.25) is 0 Å². The van der Waals surface area contributed by atoms with Crippen molar-refractivity contribution < 1.29 is 8.83 Å². The lowest BCUT2D eigenvalue weighted by Gasteiger charge is -2.39. The van der Waals surface area contributed by atoms with Gasteiger partial charge in [0, 0.05) is 12.3 Å². The molecule has 0 saturated carbocycles. The van der Waals surface area contributed by atoms with Gasteiger partial charge in [-0.3, -0.25) is 9.80 Å². The third-order valence-corrected chi connectivity index (χ3v) is 6.71. The number of nitrogens with zero attached hydrogens (tertiary/aromatic N) is 4. The molecule has 1 aromatic carbocycles. The van der Waals surface area contributed by atoms with Crippen LogP contribution in [0.3, 0.4) is 0 Å². The zero-order chi connectivity index (χ0) is 19.6. The average molecular weight is 395 g/mol. The van der Waals surface area contributed by atoms with E-state index in [4.69, 9.17) is 8.83 Å². The molecule has 2 aromatic heterocycles. The van der Waals surface area contributed by atoms with E-state index in [2.05, 4.69) is 44.3 Å². The third-order valence-electron chi connectivity index (χ3n) is 6.71. The number of furan rings is 1. The number of likely N-dealkylation sites (tertiary alicyclic amines) is 2. The van der Waals surface area contributed by atoms with E-state index in [9.17, 15) is 0 Å². The molecule has 154 valence electrons. The molecule has 0 radical (unpaired) electrons. The van der Waals surface area contributed by atoms with Crippen molar-refractivity contribution in [2.75, 3.05) is 26.2 Å². The number of benzene rings is 1. The van der Waals surface area contributed by atoms with Gasteiger partial charge in [-0.15, -0.1) is 10.2 Å². The summed E-state index contributed by atoms with van der Waals surface area (Å²) in [4.78, 5) is 5.02. The van der Waals surface area contributed by atoms with Gasteiger partial charge in [-0.05, 0) is 75.8 Å². The van der Waals surface area contributed by atoms with Crippen molar-refractivity contribution in [2.24, 2.45) is 11.8 Å². The van der Waals surface area contributed by atoms with Crippen LogP contribution in [-0.2, 0) is 13.1 Å². The van der Waals surface area contributed by atoms with Gasteiger partial charge in [0.15, 0.2) is 0 Å². The average Bonchev–Trinajstić information content (AvgIpc) is 3.34. The molecule has 2 saturated heterocycles. The van der Waals surface area contributed by atoms with Crippen LogP contribution in [0.25, 0.3) is 11.0 Å². The molecule has 0 atom stereocenters. The molecule has 3 aromatic rings. The number of aryl methyl sites for hydroxylation is 1. The molecule has 6 heteroatoms. The van der Waals surface area contributed by atoms with E-state index in [1.54, 1.807) is 0 Å². The maximum Gasteiger partial charge on any atom is 0.230 e. The number of rotatable bonds is 5. The molecule has 0 bridgehead atoms.